The molecule has 0 radical (unpaired) electrons. The molecule has 0 aliphatic rings. The third-order valence-corrected chi connectivity index (χ3v) is 3.59. The Hall–Kier alpha value is 0.633. The van der Waals surface area contributed by atoms with E-state index < -0.39 is 0 Å². The maximum Gasteiger partial charge on any atom is 0.262 e. The fourth-order valence-corrected chi connectivity index (χ4v) is 2.61. The smallest absolute Gasteiger partial charge is 0.262 e. The fourth-order valence-electron chi connectivity index (χ4n) is 1.54. The summed E-state index contributed by atoms with van der Waals surface area (Å²) in [5.41, 5.74) is 0.0403. The largest absolute Gasteiger partial charge is 0.268 e. The summed E-state index contributed by atoms with van der Waals surface area (Å²) in [6.07, 6.45) is 7.49. The third-order valence-electron chi connectivity index (χ3n) is 2.39. The van der Waals surface area contributed by atoms with Crippen molar-refractivity contribution < 1.29 is 19.5 Å². The van der Waals surface area contributed by atoms with Crippen LogP contribution in [0.3, 0.4) is 0 Å². The Balaban J connectivity index is 0. The van der Waals surface area contributed by atoms with Gasteiger partial charge in [-0.2, -0.15) is 0 Å². The second kappa shape index (κ2) is 11.7. The van der Waals surface area contributed by atoms with E-state index in [9.17, 15) is 4.79 Å². The van der Waals surface area contributed by atoms with Gasteiger partial charge in [0.1, 0.15) is 4.34 Å². The van der Waals surface area contributed by atoms with Crippen molar-refractivity contribution in [1.82, 2.24) is 3.96 Å². The molecule has 96 valence electrons. The number of hydrogen-bond acceptors (Lipinski definition) is 2. The van der Waals surface area contributed by atoms with Crippen LogP contribution in [-0.4, -0.2) is 3.96 Å². The molecule has 6 heteroatoms. The molecule has 0 N–H and O–H groups in total. The summed E-state index contributed by atoms with van der Waals surface area (Å²) in [5, 5.41) is 0. The van der Waals surface area contributed by atoms with Crippen LogP contribution in [0.2, 0.25) is 4.34 Å². The van der Waals surface area contributed by atoms with E-state index >= 15 is 0 Å². The molecular weight excluding hydrogens is 330 g/mol. The van der Waals surface area contributed by atoms with Gasteiger partial charge in [-0.3, -0.25) is 8.75 Å². The van der Waals surface area contributed by atoms with Crippen molar-refractivity contribution in [2.45, 2.75) is 52.0 Å². The quantitative estimate of drug-likeness (QED) is 0.530. The maximum absolute atomic E-state index is 11.3. The Bertz CT molecular complexity index is 340. The van der Waals surface area contributed by atoms with E-state index in [-0.39, 0.29) is 37.4 Å². The second-order valence-corrected chi connectivity index (χ2v) is 5.44. The Morgan fingerprint density at radius 2 is 1.82 bits per heavy atom. The number of unbranched alkanes of at least 4 members (excludes halogenated alkanes) is 5. The molecule has 0 aliphatic heterocycles. The van der Waals surface area contributed by atoms with E-state index in [1.165, 1.54) is 49.7 Å². The van der Waals surface area contributed by atoms with Crippen LogP contribution in [-0.2, 0) is 26.0 Å². The van der Waals surface area contributed by atoms with Gasteiger partial charge in [0.15, 0.2) is 0 Å². The van der Waals surface area contributed by atoms with Crippen LogP contribution in [0.15, 0.2) is 10.9 Å². The van der Waals surface area contributed by atoms with Crippen molar-refractivity contribution >= 4 is 35.5 Å². The number of hydrogen-bond donors (Lipinski definition) is 0. The first-order valence-electron chi connectivity index (χ1n) is 5.60. The molecule has 0 atom stereocenters. The normalized spacial score (nSPS) is 9.53. The zero-order valence-corrected chi connectivity index (χ0v) is 15.6. The molecule has 17 heavy (non-hydrogen) atoms. The maximum atomic E-state index is 11.3. The van der Waals surface area contributed by atoms with Crippen molar-refractivity contribution in [1.29, 1.82) is 0 Å². The second-order valence-electron chi connectivity index (χ2n) is 3.75. The zero-order chi connectivity index (χ0) is 11.1. The molecule has 0 aromatic carbocycles. The SMILES string of the molecule is CCCCCCCCn1sc(Cl)cc1=O.Cl.[Zn]. The summed E-state index contributed by atoms with van der Waals surface area (Å²) in [4.78, 5) is 11.3. The number of aromatic nitrogens is 1. The summed E-state index contributed by atoms with van der Waals surface area (Å²) < 4.78 is 2.33. The number of nitrogens with zero attached hydrogens (tertiary/aromatic N) is 1. The molecule has 1 aromatic heterocycles. The first-order chi connectivity index (χ1) is 7.24. The van der Waals surface area contributed by atoms with E-state index in [1.54, 1.807) is 3.96 Å². The molecule has 2 nitrogen and oxygen atoms in total. The van der Waals surface area contributed by atoms with E-state index in [4.69, 9.17) is 11.6 Å². The average molecular weight is 350 g/mol. The van der Waals surface area contributed by atoms with Crippen LogP contribution in [0.1, 0.15) is 45.4 Å². The molecule has 0 unspecified atom stereocenters. The first-order valence-corrected chi connectivity index (χ1v) is 6.76. The van der Waals surface area contributed by atoms with E-state index in [0.717, 1.165) is 13.0 Å². The molecule has 1 rings (SSSR count). The standard InChI is InChI=1S/C11H18ClNOS.ClH.Zn/c1-2-3-4-5-6-7-8-13-11(14)9-10(12)15-13;;/h9H,2-8H2,1H3;1H;. The molecule has 0 amide bonds. The van der Waals surface area contributed by atoms with Gasteiger partial charge in [0.25, 0.3) is 5.56 Å². The van der Waals surface area contributed by atoms with Gasteiger partial charge >= 0.3 is 0 Å². The molecule has 1 aromatic rings. The predicted molar refractivity (Wildman–Crippen MR) is 74.2 cm³/mol. The van der Waals surface area contributed by atoms with E-state index in [1.807, 2.05) is 0 Å². The van der Waals surface area contributed by atoms with Gasteiger partial charge in [0.2, 0.25) is 0 Å². The van der Waals surface area contributed by atoms with Crippen LogP contribution in [0.4, 0.5) is 0 Å². The van der Waals surface area contributed by atoms with Gasteiger partial charge in [-0.1, -0.05) is 50.6 Å². The van der Waals surface area contributed by atoms with Gasteiger partial charge in [0.05, 0.1) is 0 Å². The average Bonchev–Trinajstić information content (AvgIpc) is 2.51. The van der Waals surface area contributed by atoms with Gasteiger partial charge in [-0.25, -0.2) is 0 Å². The van der Waals surface area contributed by atoms with Gasteiger partial charge < -0.3 is 0 Å². The molecule has 0 saturated carbocycles. The molecule has 0 bridgehead atoms. The van der Waals surface area contributed by atoms with E-state index in [2.05, 4.69) is 6.92 Å². The number of rotatable bonds is 7. The van der Waals surface area contributed by atoms with Crippen LogP contribution in [0, 0.1) is 0 Å². The third kappa shape index (κ3) is 8.37. The van der Waals surface area contributed by atoms with Crippen molar-refractivity contribution in [3.63, 3.8) is 0 Å². The molecule has 1 heterocycles. The number of halogens is 2. The monoisotopic (exact) mass is 347 g/mol. The van der Waals surface area contributed by atoms with Gasteiger partial charge in [-0.15, -0.1) is 12.4 Å². The molecule has 0 spiro atoms. The Morgan fingerprint density at radius 1 is 1.24 bits per heavy atom. The van der Waals surface area contributed by atoms with Crippen LogP contribution < -0.4 is 5.56 Å². The zero-order valence-electron chi connectivity index (χ0n) is 10.3. The van der Waals surface area contributed by atoms with Crippen molar-refractivity contribution in [3.05, 3.63) is 20.8 Å². The minimum absolute atomic E-state index is 0. The fraction of sp³-hybridized carbons (Fsp3) is 0.727. The van der Waals surface area contributed by atoms with E-state index in [0.29, 0.717) is 4.34 Å². The summed E-state index contributed by atoms with van der Waals surface area (Å²) >= 11 is 7.10. The topological polar surface area (TPSA) is 22.0 Å². The van der Waals surface area contributed by atoms with Crippen LogP contribution >= 0.6 is 35.5 Å². The van der Waals surface area contributed by atoms with Crippen LogP contribution in [0.5, 0.6) is 0 Å². The molecule has 0 saturated heterocycles. The minimum Gasteiger partial charge on any atom is -0.268 e. The minimum atomic E-state index is 0. The Morgan fingerprint density at radius 3 is 2.35 bits per heavy atom. The van der Waals surface area contributed by atoms with Gasteiger partial charge in [-0.05, 0) is 18.0 Å². The first kappa shape index (κ1) is 20.0. The summed E-state index contributed by atoms with van der Waals surface area (Å²) in [7, 11) is 0. The van der Waals surface area contributed by atoms with Crippen molar-refractivity contribution in [2.75, 3.05) is 0 Å². The number of aryl methyl sites for hydroxylation is 1. The summed E-state index contributed by atoms with van der Waals surface area (Å²) in [6, 6.07) is 1.49. The molecule has 0 fully saturated rings. The Kier molecular flexibility index (Phi) is 13.7. The van der Waals surface area contributed by atoms with Gasteiger partial charge in [0, 0.05) is 32.1 Å². The summed E-state index contributed by atoms with van der Waals surface area (Å²) in [5.74, 6) is 0. The summed E-state index contributed by atoms with van der Waals surface area (Å²) in [6.45, 7) is 3.04. The molecule has 0 aliphatic carbocycles. The Labute approximate surface area is 131 Å². The van der Waals surface area contributed by atoms with Crippen molar-refractivity contribution in [2.24, 2.45) is 0 Å². The van der Waals surface area contributed by atoms with Crippen molar-refractivity contribution in [3.8, 4) is 0 Å². The molecular formula is C11H19Cl2NOSZn. The van der Waals surface area contributed by atoms with Crippen LogP contribution in [0.25, 0.3) is 0 Å². The predicted octanol–water partition coefficient (Wildman–Crippen LogP) is 4.34.